The minimum atomic E-state index is -0.650. The number of imidazole rings is 2. The first-order valence-corrected chi connectivity index (χ1v) is 12.9. The Morgan fingerprint density at radius 1 is 0.778 bits per heavy atom. The van der Waals surface area contributed by atoms with Crippen molar-refractivity contribution in [3.63, 3.8) is 0 Å². The molecule has 0 saturated heterocycles. The molecule has 0 unspecified atom stereocenters. The van der Waals surface area contributed by atoms with Gasteiger partial charge in [0.1, 0.15) is 14.8 Å². The van der Waals surface area contributed by atoms with Crippen LogP contribution in [0.2, 0.25) is 0 Å². The van der Waals surface area contributed by atoms with E-state index < -0.39 is 16.7 Å². The summed E-state index contributed by atoms with van der Waals surface area (Å²) in [5.41, 5.74) is 0. The number of hydrogen-bond acceptors (Lipinski definition) is 6. The third-order valence-corrected chi connectivity index (χ3v) is 10.4. The second-order valence-electron chi connectivity index (χ2n) is 4.69. The van der Waals surface area contributed by atoms with Crippen molar-refractivity contribution in [2.24, 2.45) is 0 Å². The molecule has 2 heterocycles. The lowest BCUT2D eigenvalue weighted by Gasteiger charge is -2.21. The molecular weight excluding hydrogens is 1050 g/mol. The predicted octanol–water partition coefficient (Wildman–Crippen LogP) is 3.27. The monoisotopic (exact) mass is 1050 g/mol. The van der Waals surface area contributed by atoms with Gasteiger partial charge in [0.2, 0.25) is 6.67 Å². The van der Waals surface area contributed by atoms with E-state index in [4.69, 9.17) is 0 Å². The Hall–Kier alpha value is 1.20. The first kappa shape index (κ1) is 24.5. The standard InChI is InChI=1S/C9H6I6N8O4/c10-4-6(12)20(8(14)16-4)2-18(22(24)25)1-19(23(26)27)3-21-7(13)5(11)17-9(21)15/h1-3H2. The fraction of sp³-hybridized carbons (Fsp3) is 0.333. The van der Waals surface area contributed by atoms with E-state index in [0.29, 0.717) is 15.1 Å². The van der Waals surface area contributed by atoms with E-state index in [0.717, 1.165) is 17.4 Å². The Morgan fingerprint density at radius 2 is 1.11 bits per heavy atom. The molecular formula is C9H6I6N8O4. The number of rotatable bonds is 8. The van der Waals surface area contributed by atoms with Crippen molar-refractivity contribution in [3.8, 4) is 0 Å². The van der Waals surface area contributed by atoms with Crippen LogP contribution in [0.3, 0.4) is 0 Å². The van der Waals surface area contributed by atoms with Crippen LogP contribution in [0, 0.1) is 42.7 Å². The Kier molecular flexibility index (Phi) is 9.50. The van der Waals surface area contributed by atoms with Crippen molar-refractivity contribution in [1.82, 2.24) is 29.1 Å². The summed E-state index contributed by atoms with van der Waals surface area (Å²) in [6.07, 6.45) is 0. The van der Waals surface area contributed by atoms with Crippen LogP contribution in [-0.2, 0) is 13.3 Å². The zero-order chi connectivity index (χ0) is 20.5. The maximum absolute atomic E-state index is 11.5. The van der Waals surface area contributed by atoms with Gasteiger partial charge in [0.25, 0.3) is 0 Å². The highest BCUT2D eigenvalue weighted by Gasteiger charge is 2.29. The van der Waals surface area contributed by atoms with Crippen molar-refractivity contribution in [1.29, 1.82) is 0 Å². The van der Waals surface area contributed by atoms with Gasteiger partial charge in [0.15, 0.2) is 31.1 Å². The van der Waals surface area contributed by atoms with Gasteiger partial charge in [-0.2, -0.15) is 0 Å². The second-order valence-corrected chi connectivity index (χ2v) is 10.7. The molecule has 0 saturated carbocycles. The number of halogens is 6. The summed E-state index contributed by atoms with van der Waals surface area (Å²) in [5.74, 6) is 0. The lowest BCUT2D eigenvalue weighted by atomic mass is 10.7. The van der Waals surface area contributed by atoms with E-state index in [1.54, 1.807) is 9.13 Å². The molecule has 0 aliphatic heterocycles. The average molecular weight is 1050 g/mol. The molecule has 148 valence electrons. The molecule has 2 aromatic rings. The minimum absolute atomic E-state index is 0.167. The predicted molar refractivity (Wildman–Crippen MR) is 143 cm³/mol. The van der Waals surface area contributed by atoms with Crippen LogP contribution in [0.5, 0.6) is 0 Å². The number of hydrazine groups is 2. The van der Waals surface area contributed by atoms with E-state index in [9.17, 15) is 20.2 Å². The fourth-order valence-electron chi connectivity index (χ4n) is 1.81. The molecule has 0 bridgehead atoms. The fourth-order valence-corrected chi connectivity index (χ4v) is 6.97. The number of aromatic nitrogens is 4. The van der Waals surface area contributed by atoms with E-state index in [2.05, 4.69) is 9.97 Å². The summed E-state index contributed by atoms with van der Waals surface area (Å²) < 4.78 is 7.25. The van der Waals surface area contributed by atoms with Gasteiger partial charge in [0.05, 0.1) is 0 Å². The molecule has 2 rings (SSSR count). The van der Waals surface area contributed by atoms with Crippen molar-refractivity contribution in [2.45, 2.75) is 13.3 Å². The Morgan fingerprint density at radius 3 is 1.33 bits per heavy atom. The van der Waals surface area contributed by atoms with E-state index in [-0.39, 0.29) is 13.3 Å². The zero-order valence-corrected chi connectivity index (χ0v) is 25.5. The number of hydrogen-bond donors (Lipinski definition) is 0. The quantitative estimate of drug-likeness (QED) is 0.171. The third-order valence-electron chi connectivity index (χ3n) is 3.04. The van der Waals surface area contributed by atoms with Crippen molar-refractivity contribution >= 4 is 136 Å². The van der Waals surface area contributed by atoms with Crippen molar-refractivity contribution in [2.75, 3.05) is 6.67 Å². The third kappa shape index (κ3) is 6.10. The lowest BCUT2D eigenvalue weighted by molar-refractivity contribution is -0.720. The Bertz CT molecular complexity index is 816. The van der Waals surface area contributed by atoms with Gasteiger partial charge in [-0.25, -0.2) is 30.2 Å². The van der Waals surface area contributed by atoms with Crippen LogP contribution in [-0.4, -0.2) is 45.9 Å². The van der Waals surface area contributed by atoms with Gasteiger partial charge in [-0.05, 0) is 90.4 Å². The van der Waals surface area contributed by atoms with Crippen molar-refractivity contribution in [3.05, 3.63) is 42.7 Å². The summed E-state index contributed by atoms with van der Waals surface area (Å²) in [4.78, 5) is 31.5. The molecule has 0 spiro atoms. The van der Waals surface area contributed by atoms with Gasteiger partial charge in [0, 0.05) is 45.2 Å². The van der Waals surface area contributed by atoms with E-state index >= 15 is 0 Å². The summed E-state index contributed by atoms with van der Waals surface area (Å²) in [7, 11) is 0. The van der Waals surface area contributed by atoms with Crippen LogP contribution in [0.1, 0.15) is 0 Å². The largest absolute Gasteiger partial charge is 0.290 e. The summed E-state index contributed by atoms with van der Waals surface area (Å²) in [6.45, 7) is -0.846. The molecule has 0 amide bonds. The Balaban J connectivity index is 2.25. The van der Waals surface area contributed by atoms with Crippen molar-refractivity contribution < 1.29 is 10.1 Å². The van der Waals surface area contributed by atoms with Gasteiger partial charge in [-0.15, -0.1) is 0 Å². The van der Waals surface area contributed by atoms with Crippen LogP contribution in [0.15, 0.2) is 0 Å². The highest BCUT2D eigenvalue weighted by Crippen LogP contribution is 2.20. The van der Waals surface area contributed by atoms with E-state index in [1.165, 1.54) is 0 Å². The molecule has 0 fully saturated rings. The van der Waals surface area contributed by atoms with E-state index in [1.807, 2.05) is 136 Å². The normalized spacial score (nSPS) is 10.9. The summed E-state index contributed by atoms with van der Waals surface area (Å²) in [5, 5.41) is 23.2. The average Bonchev–Trinajstić information content (AvgIpc) is 2.95. The molecule has 0 radical (unpaired) electrons. The first-order valence-electron chi connectivity index (χ1n) is 6.45. The molecule has 2 aromatic heterocycles. The van der Waals surface area contributed by atoms with Gasteiger partial charge in [-0.1, -0.05) is 10.0 Å². The molecule has 0 aliphatic carbocycles. The maximum Gasteiger partial charge on any atom is 0.212 e. The maximum atomic E-state index is 11.5. The molecule has 18 heteroatoms. The first-order chi connectivity index (χ1) is 12.5. The zero-order valence-electron chi connectivity index (χ0n) is 12.6. The molecule has 0 atom stereocenters. The molecule has 0 aliphatic rings. The number of nitrogens with zero attached hydrogens (tertiary/aromatic N) is 8. The summed E-state index contributed by atoms with van der Waals surface area (Å²) >= 11 is 12.1. The molecule has 0 aromatic carbocycles. The SMILES string of the molecule is O=[N+]([O-])N(CN(Cn1c(I)nc(I)c1I)[N+](=O)[O-])Cn1c(I)nc(I)c1I. The summed E-state index contributed by atoms with van der Waals surface area (Å²) in [6, 6.07) is 0. The molecule has 12 nitrogen and oxygen atoms in total. The number of nitro groups is 2. The van der Waals surface area contributed by atoms with Crippen LogP contribution in [0.25, 0.3) is 0 Å². The molecule has 27 heavy (non-hydrogen) atoms. The van der Waals surface area contributed by atoms with Crippen LogP contribution >= 0.6 is 136 Å². The minimum Gasteiger partial charge on any atom is -0.290 e. The molecule has 0 N–H and O–H groups in total. The van der Waals surface area contributed by atoms with Gasteiger partial charge >= 0.3 is 0 Å². The van der Waals surface area contributed by atoms with Gasteiger partial charge in [-0.3, -0.25) is 9.13 Å². The lowest BCUT2D eigenvalue weighted by Crippen LogP contribution is -2.45. The topological polar surface area (TPSA) is 128 Å². The highest BCUT2D eigenvalue weighted by atomic mass is 127. The van der Waals surface area contributed by atoms with Crippen LogP contribution < -0.4 is 0 Å². The van der Waals surface area contributed by atoms with Crippen LogP contribution in [0.4, 0.5) is 0 Å². The highest BCUT2D eigenvalue weighted by molar-refractivity contribution is 14.1. The second kappa shape index (κ2) is 10.5. The Labute approximate surface area is 233 Å². The van der Waals surface area contributed by atoms with Gasteiger partial charge < -0.3 is 0 Å². The smallest absolute Gasteiger partial charge is 0.212 e.